The Morgan fingerprint density at radius 3 is 2.60 bits per heavy atom. The summed E-state index contributed by atoms with van der Waals surface area (Å²) in [5.74, 6) is 0.203. The molecule has 1 aliphatic heterocycles. The van der Waals surface area contributed by atoms with Crippen LogP contribution in [0.1, 0.15) is 25.7 Å². The predicted molar refractivity (Wildman–Crippen MR) is 125 cm³/mol. The Kier molecular flexibility index (Phi) is 7.46. The van der Waals surface area contributed by atoms with Crippen molar-refractivity contribution in [3.05, 3.63) is 60.2 Å². The van der Waals surface area contributed by atoms with E-state index in [2.05, 4.69) is 10.1 Å². The van der Waals surface area contributed by atoms with Gasteiger partial charge in [-0.3, -0.25) is 4.79 Å². The summed E-state index contributed by atoms with van der Waals surface area (Å²) in [4.78, 5) is 18.9. The van der Waals surface area contributed by atoms with Crippen LogP contribution in [0.15, 0.2) is 57.9 Å². The Bertz CT molecular complexity index is 1260. The number of piperidine rings is 1. The lowest BCUT2D eigenvalue weighted by Crippen LogP contribution is -2.45. The van der Waals surface area contributed by atoms with E-state index in [1.807, 2.05) is 31.2 Å². The molecule has 1 atom stereocenters. The summed E-state index contributed by atoms with van der Waals surface area (Å²) in [5.41, 5.74) is 0.756. The second kappa shape index (κ2) is 10.5. The van der Waals surface area contributed by atoms with Crippen molar-refractivity contribution in [3.63, 3.8) is 0 Å². The molecule has 1 fully saturated rings. The molecule has 0 saturated carbocycles. The second-order valence-corrected chi connectivity index (χ2v) is 10.3. The topological polar surface area (TPSA) is 106 Å². The molecule has 9 nitrogen and oxygen atoms in total. The lowest BCUT2D eigenvalue weighted by Gasteiger charge is -2.33. The first-order chi connectivity index (χ1) is 16.8. The minimum Gasteiger partial charge on any atom is -0.494 e. The highest BCUT2D eigenvalue weighted by Crippen LogP contribution is 2.26. The van der Waals surface area contributed by atoms with E-state index in [1.54, 1.807) is 7.05 Å². The Morgan fingerprint density at radius 2 is 1.91 bits per heavy atom. The average Bonchev–Trinajstić information content (AvgIpc) is 3.33. The number of benzene rings is 2. The maximum absolute atomic E-state index is 13.2. The van der Waals surface area contributed by atoms with Crippen molar-refractivity contribution < 1.29 is 26.9 Å². The maximum atomic E-state index is 13.2. The lowest BCUT2D eigenvalue weighted by atomic mass is 9.98. The third-order valence-electron chi connectivity index (χ3n) is 5.83. The number of carbonyl (C=O) groups is 1. The lowest BCUT2D eigenvalue weighted by molar-refractivity contribution is -0.136. The molecule has 0 unspecified atom stereocenters. The molecule has 3 aromatic rings. The Labute approximate surface area is 203 Å². The Hall–Kier alpha value is -3.31. The first-order valence-corrected chi connectivity index (χ1v) is 12.8. The molecule has 1 aliphatic rings. The molecule has 0 radical (unpaired) electrons. The van der Waals surface area contributed by atoms with Crippen LogP contribution >= 0.6 is 0 Å². The SMILES string of the molecule is CCOc1ccc(-c2noc(CN(C)C(=O)[C@@H]3CCCN(S(=O)(=O)c4ccc(F)cc4)C3)n2)cc1. The number of halogens is 1. The van der Waals surface area contributed by atoms with Crippen LogP contribution in [0, 0.1) is 11.7 Å². The quantitative estimate of drug-likeness (QED) is 0.465. The van der Waals surface area contributed by atoms with Gasteiger partial charge in [-0.1, -0.05) is 5.16 Å². The van der Waals surface area contributed by atoms with Gasteiger partial charge in [0.25, 0.3) is 0 Å². The zero-order valence-corrected chi connectivity index (χ0v) is 20.4. The van der Waals surface area contributed by atoms with Crippen LogP contribution in [0.2, 0.25) is 0 Å². The first-order valence-electron chi connectivity index (χ1n) is 11.3. The van der Waals surface area contributed by atoms with Crippen molar-refractivity contribution in [1.29, 1.82) is 0 Å². The van der Waals surface area contributed by atoms with Crippen molar-refractivity contribution in [2.24, 2.45) is 5.92 Å². The number of hydrogen-bond donors (Lipinski definition) is 0. The molecule has 0 N–H and O–H groups in total. The molecule has 2 aromatic carbocycles. The summed E-state index contributed by atoms with van der Waals surface area (Å²) >= 11 is 0. The number of amides is 1. The maximum Gasteiger partial charge on any atom is 0.246 e. The van der Waals surface area contributed by atoms with E-state index in [9.17, 15) is 17.6 Å². The summed E-state index contributed by atoms with van der Waals surface area (Å²) in [6.45, 7) is 2.95. The first kappa shape index (κ1) is 24.8. The summed E-state index contributed by atoms with van der Waals surface area (Å²) in [6, 6.07) is 12.0. The minimum atomic E-state index is -3.82. The van der Waals surface area contributed by atoms with Gasteiger partial charge in [-0.25, -0.2) is 12.8 Å². The van der Waals surface area contributed by atoms with Crippen LogP contribution < -0.4 is 4.74 Å². The van der Waals surface area contributed by atoms with Crippen LogP contribution in [0.3, 0.4) is 0 Å². The third kappa shape index (κ3) is 5.68. The van der Waals surface area contributed by atoms with Gasteiger partial charge in [-0.05, 0) is 68.3 Å². The van der Waals surface area contributed by atoms with E-state index < -0.39 is 21.8 Å². The fourth-order valence-electron chi connectivity index (χ4n) is 4.01. The van der Waals surface area contributed by atoms with Gasteiger partial charge in [0.2, 0.25) is 27.6 Å². The molecule has 4 rings (SSSR count). The number of sulfonamides is 1. The predicted octanol–water partition coefficient (Wildman–Crippen LogP) is 3.33. The molecule has 2 heterocycles. The Balaban J connectivity index is 1.39. The normalized spacial score (nSPS) is 16.7. The van der Waals surface area contributed by atoms with Crippen molar-refractivity contribution in [2.75, 3.05) is 26.7 Å². The van der Waals surface area contributed by atoms with Crippen LogP contribution in [-0.2, 0) is 21.4 Å². The number of hydrogen-bond acceptors (Lipinski definition) is 7. The molecule has 0 spiro atoms. The molecular weight excluding hydrogens is 475 g/mol. The summed E-state index contributed by atoms with van der Waals surface area (Å²) in [6.07, 6.45) is 1.12. The summed E-state index contributed by atoms with van der Waals surface area (Å²) < 4.78 is 51.2. The fraction of sp³-hybridized carbons (Fsp3) is 0.375. The van der Waals surface area contributed by atoms with Crippen molar-refractivity contribution in [3.8, 4) is 17.1 Å². The van der Waals surface area contributed by atoms with E-state index in [4.69, 9.17) is 9.26 Å². The number of aromatic nitrogens is 2. The van der Waals surface area contributed by atoms with Crippen molar-refractivity contribution in [2.45, 2.75) is 31.2 Å². The van der Waals surface area contributed by atoms with Crippen LogP contribution in [0.25, 0.3) is 11.4 Å². The van der Waals surface area contributed by atoms with Gasteiger partial charge in [-0.2, -0.15) is 9.29 Å². The minimum absolute atomic E-state index is 0.00744. The number of rotatable bonds is 8. The number of ether oxygens (including phenoxy) is 1. The molecular formula is C24H27FN4O5S. The molecule has 186 valence electrons. The smallest absolute Gasteiger partial charge is 0.246 e. The third-order valence-corrected chi connectivity index (χ3v) is 7.70. The van der Waals surface area contributed by atoms with E-state index in [0.717, 1.165) is 23.4 Å². The van der Waals surface area contributed by atoms with Gasteiger partial charge in [0.05, 0.1) is 24.0 Å². The van der Waals surface area contributed by atoms with Crippen LogP contribution in [0.5, 0.6) is 5.75 Å². The van der Waals surface area contributed by atoms with E-state index in [-0.39, 0.29) is 29.8 Å². The molecule has 0 bridgehead atoms. The van der Waals surface area contributed by atoms with E-state index in [1.165, 1.54) is 21.3 Å². The van der Waals surface area contributed by atoms with Gasteiger partial charge in [0.15, 0.2) is 0 Å². The summed E-state index contributed by atoms with van der Waals surface area (Å²) in [5, 5.41) is 3.99. The Morgan fingerprint density at radius 1 is 1.20 bits per heavy atom. The fourth-order valence-corrected chi connectivity index (χ4v) is 5.54. The molecule has 35 heavy (non-hydrogen) atoms. The zero-order chi connectivity index (χ0) is 25.0. The number of carbonyl (C=O) groups excluding carboxylic acids is 1. The molecule has 11 heteroatoms. The average molecular weight is 503 g/mol. The zero-order valence-electron chi connectivity index (χ0n) is 19.6. The van der Waals surface area contributed by atoms with Gasteiger partial charge in [0, 0.05) is 25.7 Å². The highest BCUT2D eigenvalue weighted by atomic mass is 32.2. The van der Waals surface area contributed by atoms with E-state index in [0.29, 0.717) is 31.8 Å². The second-order valence-electron chi connectivity index (χ2n) is 8.32. The van der Waals surface area contributed by atoms with Gasteiger partial charge >= 0.3 is 0 Å². The largest absolute Gasteiger partial charge is 0.494 e. The van der Waals surface area contributed by atoms with Gasteiger partial charge in [0.1, 0.15) is 11.6 Å². The molecule has 1 aromatic heterocycles. The van der Waals surface area contributed by atoms with Crippen molar-refractivity contribution >= 4 is 15.9 Å². The summed E-state index contributed by atoms with van der Waals surface area (Å²) in [7, 11) is -2.20. The van der Waals surface area contributed by atoms with E-state index >= 15 is 0 Å². The number of nitrogens with zero attached hydrogens (tertiary/aromatic N) is 4. The highest BCUT2D eigenvalue weighted by molar-refractivity contribution is 7.89. The molecule has 0 aliphatic carbocycles. The van der Waals surface area contributed by atoms with Crippen molar-refractivity contribution in [1.82, 2.24) is 19.3 Å². The standard InChI is InChI=1S/C24H27FN4O5S/c1-3-33-20-10-6-17(7-11-20)23-26-22(34-27-23)16-28(2)24(30)18-5-4-14-29(15-18)35(31,32)21-12-8-19(25)9-13-21/h6-13,18H,3-5,14-16H2,1-2H3/t18-/m1/s1. The van der Waals surface area contributed by atoms with Crippen LogP contribution in [-0.4, -0.2) is 60.4 Å². The molecule has 1 amide bonds. The van der Waals surface area contributed by atoms with Gasteiger partial charge in [-0.15, -0.1) is 0 Å². The monoisotopic (exact) mass is 502 g/mol. The van der Waals surface area contributed by atoms with Gasteiger partial charge < -0.3 is 14.2 Å². The molecule has 1 saturated heterocycles. The highest BCUT2D eigenvalue weighted by Gasteiger charge is 2.34. The van der Waals surface area contributed by atoms with Crippen LogP contribution in [0.4, 0.5) is 4.39 Å².